The molecule has 0 radical (unpaired) electrons. The van der Waals surface area contributed by atoms with Crippen molar-refractivity contribution >= 4 is 76.6 Å². The van der Waals surface area contributed by atoms with Gasteiger partial charge in [-0.3, -0.25) is 9.59 Å². The van der Waals surface area contributed by atoms with Crippen molar-refractivity contribution in [1.82, 2.24) is 0 Å². The highest BCUT2D eigenvalue weighted by molar-refractivity contribution is 9.10. The Morgan fingerprint density at radius 2 is 1.00 bits per heavy atom. The number of carbonyl (C=O) groups is 2. The third-order valence-corrected chi connectivity index (χ3v) is 9.51. The summed E-state index contributed by atoms with van der Waals surface area (Å²) in [5.41, 5.74) is 2.43. The van der Waals surface area contributed by atoms with Crippen molar-refractivity contribution in [3.05, 3.63) is 105 Å². The van der Waals surface area contributed by atoms with Gasteiger partial charge in [-0.05, 0) is 60.7 Å². The summed E-state index contributed by atoms with van der Waals surface area (Å²) in [6.07, 6.45) is 0. The van der Waals surface area contributed by atoms with Gasteiger partial charge in [0.25, 0.3) is 11.8 Å². The molecule has 40 heavy (non-hydrogen) atoms. The molecule has 206 valence electrons. The van der Waals surface area contributed by atoms with Crippen LogP contribution in [0.15, 0.2) is 104 Å². The monoisotopic (exact) mass is 700 g/mol. The van der Waals surface area contributed by atoms with Gasteiger partial charge in [-0.15, -0.1) is 0 Å². The third kappa shape index (κ3) is 6.68. The van der Waals surface area contributed by atoms with Gasteiger partial charge in [-0.1, -0.05) is 77.7 Å². The predicted molar refractivity (Wildman–Crippen MR) is 171 cm³/mol. The molecule has 0 unspecified atom stereocenters. The van der Waals surface area contributed by atoms with E-state index in [0.717, 1.165) is 30.1 Å². The Bertz CT molecular complexity index is 1440. The second-order valence-corrected chi connectivity index (χ2v) is 12.6. The number of halogens is 2. The highest BCUT2D eigenvalue weighted by Crippen LogP contribution is 2.45. The van der Waals surface area contributed by atoms with E-state index >= 15 is 0 Å². The first-order valence-electron chi connectivity index (χ1n) is 12.0. The molecule has 0 saturated heterocycles. The fourth-order valence-electron chi connectivity index (χ4n) is 3.97. The van der Waals surface area contributed by atoms with Crippen LogP contribution >= 0.6 is 53.4 Å². The minimum Gasteiger partial charge on any atom is -0.496 e. The summed E-state index contributed by atoms with van der Waals surface area (Å²) in [7, 11) is 9.62. The van der Waals surface area contributed by atoms with Crippen molar-refractivity contribution in [2.24, 2.45) is 0 Å². The zero-order valence-corrected chi connectivity index (χ0v) is 27.0. The molecule has 4 rings (SSSR count). The summed E-state index contributed by atoms with van der Waals surface area (Å²) in [6.45, 7) is 0. The molecule has 2 amide bonds. The molecule has 0 aliphatic carbocycles. The molecule has 0 N–H and O–H groups in total. The van der Waals surface area contributed by atoms with E-state index in [1.807, 2.05) is 60.7 Å². The highest BCUT2D eigenvalue weighted by atomic mass is 79.9. The topological polar surface area (TPSA) is 59.1 Å². The van der Waals surface area contributed by atoms with Crippen LogP contribution in [0.25, 0.3) is 0 Å². The molecule has 4 aromatic rings. The lowest BCUT2D eigenvalue weighted by Gasteiger charge is -2.23. The zero-order chi connectivity index (χ0) is 28.8. The van der Waals surface area contributed by atoms with Crippen LogP contribution in [-0.4, -0.2) is 40.1 Å². The van der Waals surface area contributed by atoms with Gasteiger partial charge in [0.05, 0.1) is 36.7 Å². The number of ether oxygens (including phenoxy) is 2. The molecule has 6 nitrogen and oxygen atoms in total. The number of benzene rings is 4. The average molecular weight is 702 g/mol. The summed E-state index contributed by atoms with van der Waals surface area (Å²) in [4.78, 5) is 32.0. The Labute approximate surface area is 258 Å². The van der Waals surface area contributed by atoms with Crippen LogP contribution in [-0.2, 0) is 0 Å². The quantitative estimate of drug-likeness (QED) is 0.163. The second kappa shape index (κ2) is 13.6. The SMILES string of the molecule is COc1ccc(Br)cc1C(=O)N(C)c1ccccc1SSc1ccccc1N(C)C(=O)c1cc(Br)ccc1OC. The van der Waals surface area contributed by atoms with Gasteiger partial charge in [0.2, 0.25) is 0 Å². The number of anilines is 2. The fraction of sp³-hybridized carbons (Fsp3) is 0.133. The van der Waals surface area contributed by atoms with Gasteiger partial charge in [-0.2, -0.15) is 0 Å². The first kappa shape index (κ1) is 30.0. The molecule has 0 bridgehead atoms. The van der Waals surface area contributed by atoms with Crippen LogP contribution in [0.1, 0.15) is 20.7 Å². The number of carbonyl (C=O) groups excluding carboxylic acids is 2. The van der Waals surface area contributed by atoms with E-state index in [4.69, 9.17) is 9.47 Å². The van der Waals surface area contributed by atoms with E-state index < -0.39 is 0 Å². The Kier molecular flexibility index (Phi) is 10.2. The van der Waals surface area contributed by atoms with Crippen LogP contribution in [0.5, 0.6) is 11.5 Å². The van der Waals surface area contributed by atoms with Crippen LogP contribution in [0.4, 0.5) is 11.4 Å². The summed E-state index contributed by atoms with van der Waals surface area (Å²) >= 11 is 6.90. The Morgan fingerprint density at radius 3 is 1.38 bits per heavy atom. The van der Waals surface area contributed by atoms with Crippen molar-refractivity contribution < 1.29 is 19.1 Å². The van der Waals surface area contributed by atoms with Crippen molar-refractivity contribution in [3.63, 3.8) is 0 Å². The maximum Gasteiger partial charge on any atom is 0.261 e. The van der Waals surface area contributed by atoms with Gasteiger partial charge in [-0.25, -0.2) is 0 Å². The molecule has 0 saturated carbocycles. The number of hydrogen-bond donors (Lipinski definition) is 0. The van der Waals surface area contributed by atoms with Crippen molar-refractivity contribution in [2.75, 3.05) is 38.1 Å². The van der Waals surface area contributed by atoms with E-state index in [1.165, 1.54) is 21.6 Å². The minimum absolute atomic E-state index is 0.190. The molecular formula is C30H26Br2N2O4S2. The maximum absolute atomic E-state index is 13.5. The molecule has 0 atom stereocenters. The smallest absolute Gasteiger partial charge is 0.261 e. The lowest BCUT2D eigenvalue weighted by atomic mass is 10.1. The molecular weight excluding hydrogens is 676 g/mol. The molecule has 0 spiro atoms. The maximum atomic E-state index is 13.5. The van der Waals surface area contributed by atoms with Gasteiger partial charge < -0.3 is 19.3 Å². The van der Waals surface area contributed by atoms with Gasteiger partial charge >= 0.3 is 0 Å². The predicted octanol–water partition coefficient (Wildman–Crippen LogP) is 8.58. The van der Waals surface area contributed by atoms with E-state index in [2.05, 4.69) is 31.9 Å². The first-order valence-corrected chi connectivity index (χ1v) is 15.7. The first-order chi connectivity index (χ1) is 19.2. The van der Waals surface area contributed by atoms with Crippen molar-refractivity contribution in [1.29, 1.82) is 0 Å². The summed E-state index contributed by atoms with van der Waals surface area (Å²) in [5, 5.41) is 0. The normalized spacial score (nSPS) is 10.7. The Balaban J connectivity index is 1.58. The Morgan fingerprint density at radius 1 is 0.625 bits per heavy atom. The summed E-state index contributed by atoms with van der Waals surface area (Å²) in [5.74, 6) is 0.626. The van der Waals surface area contributed by atoms with E-state index in [0.29, 0.717) is 22.6 Å². The lowest BCUT2D eigenvalue weighted by molar-refractivity contribution is 0.0981. The zero-order valence-electron chi connectivity index (χ0n) is 22.2. The fourth-order valence-corrected chi connectivity index (χ4v) is 7.11. The van der Waals surface area contributed by atoms with Crippen LogP contribution in [0.2, 0.25) is 0 Å². The lowest BCUT2D eigenvalue weighted by Crippen LogP contribution is -2.27. The third-order valence-electron chi connectivity index (χ3n) is 6.07. The van der Waals surface area contributed by atoms with Crippen molar-refractivity contribution in [2.45, 2.75) is 9.79 Å². The average Bonchev–Trinajstić information content (AvgIpc) is 2.98. The highest BCUT2D eigenvalue weighted by Gasteiger charge is 2.23. The molecule has 4 aromatic carbocycles. The van der Waals surface area contributed by atoms with Crippen LogP contribution in [0.3, 0.4) is 0 Å². The van der Waals surface area contributed by atoms with Crippen LogP contribution < -0.4 is 19.3 Å². The van der Waals surface area contributed by atoms with Gasteiger partial charge in [0.15, 0.2) is 0 Å². The molecule has 0 aliphatic rings. The van der Waals surface area contributed by atoms with Crippen molar-refractivity contribution in [3.8, 4) is 11.5 Å². The number of amides is 2. The molecule has 0 heterocycles. The van der Waals surface area contributed by atoms with E-state index in [1.54, 1.807) is 62.4 Å². The second-order valence-electron chi connectivity index (χ2n) is 8.52. The minimum atomic E-state index is -0.190. The number of para-hydroxylation sites is 2. The van der Waals surface area contributed by atoms with E-state index in [9.17, 15) is 9.59 Å². The van der Waals surface area contributed by atoms with Gasteiger partial charge in [0.1, 0.15) is 11.5 Å². The van der Waals surface area contributed by atoms with Gasteiger partial charge in [0, 0.05) is 32.8 Å². The molecule has 0 aliphatic heterocycles. The summed E-state index contributed by atoms with van der Waals surface area (Å²) in [6, 6.07) is 26.1. The Hall–Kier alpha value is -2.92. The van der Waals surface area contributed by atoms with E-state index in [-0.39, 0.29) is 11.8 Å². The molecule has 0 aromatic heterocycles. The largest absolute Gasteiger partial charge is 0.496 e. The number of nitrogens with zero attached hydrogens (tertiary/aromatic N) is 2. The van der Waals surface area contributed by atoms with Crippen LogP contribution in [0, 0.1) is 0 Å². The number of rotatable bonds is 9. The summed E-state index contributed by atoms with van der Waals surface area (Å²) < 4.78 is 12.4. The number of hydrogen-bond acceptors (Lipinski definition) is 6. The molecule has 0 fully saturated rings. The molecule has 10 heteroatoms. The number of methoxy groups -OCH3 is 2. The standard InChI is InChI=1S/C30H26Br2N2O4S2/c1-33(29(35)21-17-19(31)13-15-25(21)37-3)23-9-5-7-11-27(23)39-40-28-12-8-6-10-24(28)34(2)30(36)22-18-20(32)14-16-26(22)38-4/h5-18H,1-4H3.